The van der Waals surface area contributed by atoms with Gasteiger partial charge in [0.05, 0.1) is 0 Å². The summed E-state index contributed by atoms with van der Waals surface area (Å²) in [6.07, 6.45) is 0. The third-order valence-electron chi connectivity index (χ3n) is 11.7. The second-order valence-electron chi connectivity index (χ2n) is 15.6. The zero-order valence-corrected chi connectivity index (χ0v) is 35.0. The van der Waals surface area contributed by atoms with Crippen molar-refractivity contribution in [2.24, 2.45) is 0 Å². The first-order valence-corrected chi connectivity index (χ1v) is 22.4. The lowest BCUT2D eigenvalue weighted by Gasteiger charge is -2.13. The molecule has 3 aromatic heterocycles. The van der Waals surface area contributed by atoms with Gasteiger partial charge in [0, 0.05) is 57.0 Å². The smallest absolute Gasteiger partial charge is 0.164 e. The first-order chi connectivity index (χ1) is 30.7. The zero-order valence-electron chi connectivity index (χ0n) is 33.4. The highest BCUT2D eigenvalue weighted by Crippen LogP contribution is 2.41. The number of nitrogens with zero attached hydrogens (tertiary/aromatic N) is 3. The van der Waals surface area contributed by atoms with Gasteiger partial charge in [0.25, 0.3) is 0 Å². The lowest BCUT2D eigenvalue weighted by Crippen LogP contribution is -2.00. The first-order valence-electron chi connectivity index (χ1n) is 20.7. The molecule has 0 amide bonds. The van der Waals surface area contributed by atoms with Gasteiger partial charge in [-0.1, -0.05) is 158 Å². The van der Waals surface area contributed by atoms with Crippen molar-refractivity contribution in [3.05, 3.63) is 212 Å². The SMILES string of the molecule is c1ccc(-c2ccc(-c3nc(-c4ccc(-c5ccccc5)cc4)nc(-c4cc(-c5ccc6sc7ccccc7c6c5)cc(-c5ccc6sc7ccccc7c6c5)c4)n3)cc2)cc1. The minimum atomic E-state index is 0.622. The fourth-order valence-electron chi connectivity index (χ4n) is 8.55. The van der Waals surface area contributed by atoms with E-state index in [0.717, 1.165) is 50.1 Å². The summed E-state index contributed by atoms with van der Waals surface area (Å²) in [7, 11) is 0. The van der Waals surface area contributed by atoms with Crippen LogP contribution in [0, 0.1) is 0 Å². The molecule has 12 rings (SSSR count). The average Bonchev–Trinajstić information content (AvgIpc) is 3.92. The predicted octanol–water partition coefficient (Wildman–Crippen LogP) is 16.3. The second kappa shape index (κ2) is 15.2. The Labute approximate surface area is 366 Å². The molecule has 0 aliphatic rings. The van der Waals surface area contributed by atoms with Gasteiger partial charge in [-0.2, -0.15) is 0 Å². The Morgan fingerprint density at radius 1 is 0.210 bits per heavy atom. The highest BCUT2D eigenvalue weighted by Gasteiger charge is 2.17. The summed E-state index contributed by atoms with van der Waals surface area (Å²) in [5, 5.41) is 5.10. The van der Waals surface area contributed by atoms with Crippen molar-refractivity contribution in [1.29, 1.82) is 0 Å². The minimum Gasteiger partial charge on any atom is -0.208 e. The molecule has 0 radical (unpaired) electrons. The summed E-state index contributed by atoms with van der Waals surface area (Å²) in [5.41, 5.74) is 11.9. The Kier molecular flexibility index (Phi) is 8.87. The van der Waals surface area contributed by atoms with Gasteiger partial charge in [0.2, 0.25) is 0 Å². The van der Waals surface area contributed by atoms with Crippen molar-refractivity contribution < 1.29 is 0 Å². The number of rotatable bonds is 7. The minimum absolute atomic E-state index is 0.622. The Bertz CT molecular complexity index is 3380. The van der Waals surface area contributed by atoms with Gasteiger partial charge >= 0.3 is 0 Å². The number of benzene rings is 9. The van der Waals surface area contributed by atoms with E-state index in [1.54, 1.807) is 0 Å². The third-order valence-corrected chi connectivity index (χ3v) is 14.1. The van der Waals surface area contributed by atoms with Gasteiger partial charge in [0.1, 0.15) is 0 Å². The van der Waals surface area contributed by atoms with Gasteiger partial charge in [-0.05, 0) is 99.1 Å². The summed E-state index contributed by atoms with van der Waals surface area (Å²) >= 11 is 3.68. The number of thiophene rings is 2. The molecule has 0 saturated carbocycles. The lowest BCUT2D eigenvalue weighted by atomic mass is 9.94. The van der Waals surface area contributed by atoms with Crippen LogP contribution in [0.4, 0.5) is 0 Å². The van der Waals surface area contributed by atoms with Crippen LogP contribution >= 0.6 is 22.7 Å². The van der Waals surface area contributed by atoms with Gasteiger partial charge in [-0.15, -0.1) is 22.7 Å². The molecule has 0 saturated heterocycles. The molecule has 3 heterocycles. The maximum atomic E-state index is 5.28. The maximum absolute atomic E-state index is 5.28. The van der Waals surface area contributed by atoms with E-state index in [-0.39, 0.29) is 0 Å². The van der Waals surface area contributed by atoms with Crippen LogP contribution in [0.2, 0.25) is 0 Å². The Balaban J connectivity index is 1.05. The molecule has 0 aliphatic carbocycles. The van der Waals surface area contributed by atoms with Gasteiger partial charge in [-0.3, -0.25) is 0 Å². The van der Waals surface area contributed by atoms with E-state index in [9.17, 15) is 0 Å². The molecule has 0 aliphatic heterocycles. The predicted molar refractivity (Wildman–Crippen MR) is 264 cm³/mol. The summed E-state index contributed by atoms with van der Waals surface area (Å²) in [6.45, 7) is 0. The van der Waals surface area contributed by atoms with Gasteiger partial charge < -0.3 is 0 Å². The van der Waals surface area contributed by atoms with E-state index in [4.69, 9.17) is 15.0 Å². The maximum Gasteiger partial charge on any atom is 0.164 e. The molecule has 0 N–H and O–H groups in total. The van der Waals surface area contributed by atoms with Crippen molar-refractivity contribution in [1.82, 2.24) is 15.0 Å². The molecule has 290 valence electrons. The van der Waals surface area contributed by atoms with Crippen LogP contribution in [0.25, 0.3) is 119 Å². The highest BCUT2D eigenvalue weighted by atomic mass is 32.1. The summed E-state index contributed by atoms with van der Waals surface area (Å²) < 4.78 is 5.15. The van der Waals surface area contributed by atoms with Crippen LogP contribution in [0.5, 0.6) is 0 Å². The third kappa shape index (κ3) is 6.65. The Morgan fingerprint density at radius 3 is 0.984 bits per heavy atom. The van der Waals surface area contributed by atoms with Crippen molar-refractivity contribution in [3.63, 3.8) is 0 Å². The first kappa shape index (κ1) is 36.3. The van der Waals surface area contributed by atoms with Crippen LogP contribution in [0.3, 0.4) is 0 Å². The monoisotopic (exact) mass is 825 g/mol. The number of hydrogen-bond acceptors (Lipinski definition) is 5. The van der Waals surface area contributed by atoms with Crippen LogP contribution < -0.4 is 0 Å². The van der Waals surface area contributed by atoms with E-state index < -0.39 is 0 Å². The molecule has 62 heavy (non-hydrogen) atoms. The standard InChI is InChI=1S/C57H35N3S2/c1-3-11-36(12-4-1)38-19-23-40(24-20-38)55-58-56(41-25-21-39(22-26-41)37-13-5-2-6-14-37)60-57(59-55)46-32-44(42-27-29-53-49(34-42)47-15-7-9-17-51(47)61-53)31-45(33-46)43-28-30-54-50(35-43)48-16-8-10-18-52(48)62-54/h1-35H. The average molecular weight is 826 g/mol. The van der Waals surface area contributed by atoms with Crippen molar-refractivity contribution in [3.8, 4) is 78.7 Å². The van der Waals surface area contributed by atoms with E-state index in [1.165, 1.54) is 51.5 Å². The molecule has 9 aromatic carbocycles. The summed E-state index contributed by atoms with van der Waals surface area (Å²) in [5.74, 6) is 1.87. The molecule has 0 spiro atoms. The normalized spacial score (nSPS) is 11.5. The van der Waals surface area contributed by atoms with Crippen molar-refractivity contribution >= 4 is 63.0 Å². The summed E-state index contributed by atoms with van der Waals surface area (Å²) in [6, 6.07) is 75.9. The van der Waals surface area contributed by atoms with E-state index >= 15 is 0 Å². The zero-order chi connectivity index (χ0) is 41.0. The molecule has 3 nitrogen and oxygen atoms in total. The molecular formula is C57H35N3S2. The molecule has 0 bridgehead atoms. The largest absolute Gasteiger partial charge is 0.208 e. The molecule has 0 fully saturated rings. The lowest BCUT2D eigenvalue weighted by molar-refractivity contribution is 1.07. The quantitative estimate of drug-likeness (QED) is 0.161. The Morgan fingerprint density at radius 2 is 0.532 bits per heavy atom. The number of aromatic nitrogens is 3. The van der Waals surface area contributed by atoms with Gasteiger partial charge in [-0.25, -0.2) is 15.0 Å². The fraction of sp³-hybridized carbons (Fsp3) is 0. The van der Waals surface area contributed by atoms with E-state index in [1.807, 2.05) is 34.8 Å². The van der Waals surface area contributed by atoms with Crippen LogP contribution in [0.15, 0.2) is 212 Å². The molecule has 0 unspecified atom stereocenters. The van der Waals surface area contributed by atoms with Crippen LogP contribution in [-0.2, 0) is 0 Å². The van der Waals surface area contributed by atoms with Gasteiger partial charge in [0.15, 0.2) is 17.5 Å². The molecule has 12 aromatic rings. The topological polar surface area (TPSA) is 38.7 Å². The van der Waals surface area contributed by atoms with Crippen molar-refractivity contribution in [2.75, 3.05) is 0 Å². The van der Waals surface area contributed by atoms with E-state index in [0.29, 0.717) is 17.5 Å². The highest BCUT2D eigenvalue weighted by molar-refractivity contribution is 7.26. The number of fused-ring (bicyclic) bond motifs is 6. The molecular weight excluding hydrogens is 791 g/mol. The molecule has 0 atom stereocenters. The van der Waals surface area contributed by atoms with Crippen LogP contribution in [-0.4, -0.2) is 15.0 Å². The summed E-state index contributed by atoms with van der Waals surface area (Å²) in [4.78, 5) is 15.7. The number of hydrogen-bond donors (Lipinski definition) is 0. The van der Waals surface area contributed by atoms with Crippen LogP contribution in [0.1, 0.15) is 0 Å². The second-order valence-corrected chi connectivity index (χ2v) is 17.8. The van der Waals surface area contributed by atoms with Crippen molar-refractivity contribution in [2.45, 2.75) is 0 Å². The van der Waals surface area contributed by atoms with E-state index in [2.05, 4.69) is 200 Å². The Hall–Kier alpha value is -7.57. The molecule has 5 heteroatoms. The fourth-order valence-corrected chi connectivity index (χ4v) is 10.7.